The molecule has 0 aliphatic carbocycles. The highest BCUT2D eigenvalue weighted by atomic mass is 79.9. The van der Waals surface area contributed by atoms with E-state index in [1.165, 1.54) is 12.1 Å². The number of nitrogens with zero attached hydrogens (tertiary/aromatic N) is 1. The highest BCUT2D eigenvalue weighted by Gasteiger charge is 2.16. The highest BCUT2D eigenvalue weighted by molar-refractivity contribution is 9.10. The number of rotatable bonds is 2. The Bertz CT molecular complexity index is 800. The second-order valence-corrected chi connectivity index (χ2v) is 5.58. The summed E-state index contributed by atoms with van der Waals surface area (Å²) in [6, 6.07) is 12.0. The van der Waals surface area contributed by atoms with Gasteiger partial charge in [-0.2, -0.15) is 0 Å². The molecule has 3 rings (SSSR count). The summed E-state index contributed by atoms with van der Waals surface area (Å²) in [5.74, 6) is -1.31. The predicted molar refractivity (Wildman–Crippen MR) is 81.8 cm³/mol. The maximum Gasteiger partial charge on any atom is 0.126 e. The smallest absolute Gasteiger partial charge is 0.126 e. The van der Waals surface area contributed by atoms with Crippen LogP contribution in [0.25, 0.3) is 10.9 Å². The van der Waals surface area contributed by atoms with Crippen molar-refractivity contribution in [2.24, 2.45) is 5.73 Å². The van der Waals surface area contributed by atoms with Crippen LogP contribution in [0, 0.1) is 11.6 Å². The van der Waals surface area contributed by atoms with Gasteiger partial charge in [-0.1, -0.05) is 18.2 Å². The number of hydrogen-bond donors (Lipinski definition) is 1. The first-order valence-electron chi connectivity index (χ1n) is 6.31. The Morgan fingerprint density at radius 3 is 2.38 bits per heavy atom. The van der Waals surface area contributed by atoms with Crippen molar-refractivity contribution < 1.29 is 8.78 Å². The van der Waals surface area contributed by atoms with Gasteiger partial charge in [0.2, 0.25) is 0 Å². The van der Waals surface area contributed by atoms with E-state index in [9.17, 15) is 8.78 Å². The molecule has 5 heteroatoms. The van der Waals surface area contributed by atoms with Gasteiger partial charge in [0.15, 0.2) is 0 Å². The minimum absolute atomic E-state index is 0.344. The van der Waals surface area contributed by atoms with E-state index in [0.717, 1.165) is 17.0 Å². The van der Waals surface area contributed by atoms with Crippen LogP contribution in [-0.2, 0) is 0 Å². The number of fused-ring (bicyclic) bond motifs is 1. The molecule has 0 fully saturated rings. The number of nitrogens with two attached hydrogens (primary N) is 1. The molecule has 1 heterocycles. The van der Waals surface area contributed by atoms with Gasteiger partial charge in [-0.25, -0.2) is 13.8 Å². The van der Waals surface area contributed by atoms with E-state index in [1.807, 2.05) is 30.3 Å². The molecule has 2 N–H and O–H groups in total. The summed E-state index contributed by atoms with van der Waals surface area (Å²) in [6.45, 7) is 0. The summed E-state index contributed by atoms with van der Waals surface area (Å²) < 4.78 is 27.4. The van der Waals surface area contributed by atoms with Crippen molar-refractivity contribution in [2.75, 3.05) is 0 Å². The van der Waals surface area contributed by atoms with E-state index < -0.39 is 17.7 Å². The molecular formula is C16H11BrF2N2. The van der Waals surface area contributed by atoms with Crippen molar-refractivity contribution in [3.05, 3.63) is 75.9 Å². The first-order chi connectivity index (χ1) is 10.0. The van der Waals surface area contributed by atoms with E-state index in [2.05, 4.69) is 20.9 Å². The molecule has 3 aromatic rings. The van der Waals surface area contributed by atoms with Crippen LogP contribution in [0.3, 0.4) is 0 Å². The van der Waals surface area contributed by atoms with Crippen LogP contribution in [0.5, 0.6) is 0 Å². The summed E-state index contributed by atoms with van der Waals surface area (Å²) in [5.41, 5.74) is 7.78. The standard InChI is InChI=1S/C16H11BrF2N2/c17-13-7-9-3-1-2-4-14(9)21-16(13)15(20)10-5-11(18)8-12(19)6-10/h1-8,15H,20H2. The van der Waals surface area contributed by atoms with Crippen LogP contribution in [-0.4, -0.2) is 4.98 Å². The molecule has 2 aromatic carbocycles. The van der Waals surface area contributed by atoms with Crippen molar-refractivity contribution >= 4 is 26.8 Å². The molecule has 0 bridgehead atoms. The van der Waals surface area contributed by atoms with Gasteiger partial charge in [-0.05, 0) is 45.8 Å². The van der Waals surface area contributed by atoms with Gasteiger partial charge in [0.05, 0.1) is 17.3 Å². The van der Waals surface area contributed by atoms with Crippen molar-refractivity contribution in [1.29, 1.82) is 0 Å². The lowest BCUT2D eigenvalue weighted by Crippen LogP contribution is -2.15. The second-order valence-electron chi connectivity index (χ2n) is 4.73. The van der Waals surface area contributed by atoms with Crippen molar-refractivity contribution in [3.8, 4) is 0 Å². The monoisotopic (exact) mass is 348 g/mol. The zero-order chi connectivity index (χ0) is 15.0. The van der Waals surface area contributed by atoms with Gasteiger partial charge in [-0.15, -0.1) is 0 Å². The fourth-order valence-corrected chi connectivity index (χ4v) is 2.82. The quantitative estimate of drug-likeness (QED) is 0.748. The number of aromatic nitrogens is 1. The molecular weight excluding hydrogens is 338 g/mol. The molecule has 1 atom stereocenters. The van der Waals surface area contributed by atoms with E-state index in [1.54, 1.807) is 0 Å². The zero-order valence-electron chi connectivity index (χ0n) is 10.9. The molecule has 0 saturated heterocycles. The molecule has 1 aromatic heterocycles. The average molecular weight is 349 g/mol. The van der Waals surface area contributed by atoms with Crippen LogP contribution >= 0.6 is 15.9 Å². The van der Waals surface area contributed by atoms with E-state index in [-0.39, 0.29) is 0 Å². The van der Waals surface area contributed by atoms with Crippen LogP contribution in [0.2, 0.25) is 0 Å². The van der Waals surface area contributed by atoms with Gasteiger partial charge in [0.25, 0.3) is 0 Å². The summed E-state index contributed by atoms with van der Waals surface area (Å²) >= 11 is 3.42. The van der Waals surface area contributed by atoms with Gasteiger partial charge in [-0.3, -0.25) is 0 Å². The van der Waals surface area contributed by atoms with Crippen molar-refractivity contribution in [3.63, 3.8) is 0 Å². The number of para-hydroxylation sites is 1. The number of pyridine rings is 1. The maximum absolute atomic E-state index is 13.3. The summed E-state index contributed by atoms with van der Waals surface area (Å²) in [5, 5.41) is 0.964. The molecule has 0 radical (unpaired) electrons. The van der Waals surface area contributed by atoms with Crippen LogP contribution in [0.15, 0.2) is 53.0 Å². The van der Waals surface area contributed by atoms with E-state index in [4.69, 9.17) is 5.73 Å². The van der Waals surface area contributed by atoms with Gasteiger partial charge >= 0.3 is 0 Å². The maximum atomic E-state index is 13.3. The summed E-state index contributed by atoms with van der Waals surface area (Å²) in [7, 11) is 0. The zero-order valence-corrected chi connectivity index (χ0v) is 12.4. The lowest BCUT2D eigenvalue weighted by Gasteiger charge is -2.14. The van der Waals surface area contributed by atoms with Gasteiger partial charge < -0.3 is 5.73 Å². The molecule has 0 aliphatic rings. The van der Waals surface area contributed by atoms with Crippen LogP contribution < -0.4 is 5.73 Å². The van der Waals surface area contributed by atoms with E-state index in [0.29, 0.717) is 15.7 Å². The molecule has 21 heavy (non-hydrogen) atoms. The largest absolute Gasteiger partial charge is 0.319 e. The Balaban J connectivity index is 2.12. The minimum atomic E-state index is -0.714. The second kappa shape index (κ2) is 5.50. The number of halogens is 3. The number of hydrogen-bond acceptors (Lipinski definition) is 2. The first-order valence-corrected chi connectivity index (χ1v) is 7.10. The van der Waals surface area contributed by atoms with Crippen molar-refractivity contribution in [2.45, 2.75) is 6.04 Å². The summed E-state index contributed by atoms with van der Waals surface area (Å²) in [6.07, 6.45) is 0. The molecule has 0 aliphatic heterocycles. The van der Waals surface area contributed by atoms with Gasteiger partial charge in [0, 0.05) is 15.9 Å². The lowest BCUT2D eigenvalue weighted by atomic mass is 10.0. The lowest BCUT2D eigenvalue weighted by molar-refractivity contribution is 0.577. The fourth-order valence-electron chi connectivity index (χ4n) is 2.24. The van der Waals surface area contributed by atoms with Gasteiger partial charge in [0.1, 0.15) is 11.6 Å². The Kier molecular flexibility index (Phi) is 3.69. The minimum Gasteiger partial charge on any atom is -0.319 e. The van der Waals surface area contributed by atoms with E-state index >= 15 is 0 Å². The molecule has 0 spiro atoms. The van der Waals surface area contributed by atoms with Crippen LogP contribution in [0.1, 0.15) is 17.3 Å². The predicted octanol–water partition coefficient (Wildman–Crippen LogP) is 4.32. The number of benzene rings is 2. The Hall–Kier alpha value is -1.85. The van der Waals surface area contributed by atoms with Crippen LogP contribution in [0.4, 0.5) is 8.78 Å². The fraction of sp³-hybridized carbons (Fsp3) is 0.0625. The Morgan fingerprint density at radius 2 is 1.67 bits per heavy atom. The molecule has 1 unspecified atom stereocenters. The molecule has 0 saturated carbocycles. The molecule has 2 nitrogen and oxygen atoms in total. The normalized spacial score (nSPS) is 12.6. The first kappa shape index (κ1) is 14.1. The third-order valence-electron chi connectivity index (χ3n) is 3.24. The Labute approximate surface area is 128 Å². The SMILES string of the molecule is NC(c1cc(F)cc(F)c1)c1nc2ccccc2cc1Br. The third kappa shape index (κ3) is 2.80. The van der Waals surface area contributed by atoms with Crippen molar-refractivity contribution in [1.82, 2.24) is 4.98 Å². The highest BCUT2D eigenvalue weighted by Crippen LogP contribution is 2.29. The molecule has 0 amide bonds. The topological polar surface area (TPSA) is 38.9 Å². The average Bonchev–Trinajstić information content (AvgIpc) is 2.44. The Morgan fingerprint density at radius 1 is 1.00 bits per heavy atom. The molecule has 106 valence electrons. The third-order valence-corrected chi connectivity index (χ3v) is 3.88. The summed E-state index contributed by atoms with van der Waals surface area (Å²) in [4.78, 5) is 4.49.